The van der Waals surface area contributed by atoms with Gasteiger partial charge in [-0.15, -0.1) is 0 Å². The van der Waals surface area contributed by atoms with Gasteiger partial charge >= 0.3 is 0 Å². The van der Waals surface area contributed by atoms with Crippen LogP contribution in [-0.2, 0) is 6.54 Å². The number of hydrogen-bond donors (Lipinski definition) is 2. The predicted octanol–water partition coefficient (Wildman–Crippen LogP) is 3.12. The molecule has 146 valence electrons. The zero-order valence-electron chi connectivity index (χ0n) is 16.9. The fourth-order valence-electron chi connectivity index (χ4n) is 3.89. The van der Waals surface area contributed by atoms with Crippen LogP contribution < -0.4 is 15.4 Å². The molecule has 1 fully saturated rings. The third-order valence-electron chi connectivity index (χ3n) is 5.00. The van der Waals surface area contributed by atoms with E-state index < -0.39 is 0 Å². The topological polar surface area (TPSA) is 48.9 Å². The quantitative estimate of drug-likeness (QED) is 0.425. The van der Waals surface area contributed by atoms with Crippen LogP contribution >= 0.6 is 0 Å². The van der Waals surface area contributed by atoms with E-state index in [4.69, 9.17) is 4.74 Å². The summed E-state index contributed by atoms with van der Waals surface area (Å²) in [5.74, 6) is 3.43. The smallest absolute Gasteiger partial charge is 0.191 e. The minimum Gasteiger partial charge on any atom is -0.496 e. The first-order valence-electron chi connectivity index (χ1n) is 9.91. The largest absolute Gasteiger partial charge is 0.496 e. The number of guanidine groups is 1. The second-order valence-corrected chi connectivity index (χ2v) is 7.58. The lowest BCUT2D eigenvalue weighted by atomic mass is 9.92. The molecule has 0 amide bonds. The number of nitrogens with zero attached hydrogens (tertiary/aromatic N) is 2. The van der Waals surface area contributed by atoms with E-state index in [2.05, 4.69) is 40.4 Å². The molecule has 1 saturated heterocycles. The summed E-state index contributed by atoms with van der Waals surface area (Å²) in [6.45, 7) is 10.1. The minimum atomic E-state index is 0.702. The van der Waals surface area contributed by atoms with Crippen molar-refractivity contribution < 1.29 is 4.74 Å². The van der Waals surface area contributed by atoms with Gasteiger partial charge in [-0.3, -0.25) is 4.99 Å². The van der Waals surface area contributed by atoms with Crippen LogP contribution in [0.15, 0.2) is 29.3 Å². The van der Waals surface area contributed by atoms with E-state index in [0.717, 1.165) is 42.1 Å². The highest BCUT2D eigenvalue weighted by Crippen LogP contribution is 2.21. The van der Waals surface area contributed by atoms with Crippen LogP contribution in [0, 0.1) is 11.8 Å². The fourth-order valence-corrected chi connectivity index (χ4v) is 3.89. The molecule has 2 N–H and O–H groups in total. The number of benzene rings is 1. The second-order valence-electron chi connectivity index (χ2n) is 7.58. The average molecular weight is 361 g/mol. The van der Waals surface area contributed by atoms with Crippen LogP contribution in [0.5, 0.6) is 5.75 Å². The summed E-state index contributed by atoms with van der Waals surface area (Å²) in [6, 6.07) is 8.06. The number of para-hydroxylation sites is 1. The molecule has 2 atom stereocenters. The van der Waals surface area contributed by atoms with Crippen LogP contribution in [0.3, 0.4) is 0 Å². The molecule has 0 saturated carbocycles. The van der Waals surface area contributed by atoms with E-state index in [1.54, 1.807) is 7.11 Å². The monoisotopic (exact) mass is 360 g/mol. The number of piperidine rings is 1. The van der Waals surface area contributed by atoms with Gasteiger partial charge in [0.25, 0.3) is 0 Å². The van der Waals surface area contributed by atoms with Gasteiger partial charge in [0.05, 0.1) is 7.11 Å². The van der Waals surface area contributed by atoms with Gasteiger partial charge in [-0.1, -0.05) is 32.0 Å². The standard InChI is InChI=1S/C21H36N4O/c1-17-13-18(2)16-25(15-17)12-8-7-11-23-21(22-3)24-14-19-9-5-6-10-20(19)26-4/h5-6,9-10,17-18H,7-8,11-16H2,1-4H3,(H2,22,23,24). The molecule has 0 aliphatic carbocycles. The second kappa shape index (κ2) is 11.1. The molecule has 1 aliphatic rings. The molecule has 0 aromatic heterocycles. The first-order chi connectivity index (χ1) is 12.6. The summed E-state index contributed by atoms with van der Waals surface area (Å²) in [5, 5.41) is 6.77. The van der Waals surface area contributed by atoms with Gasteiger partial charge in [-0.25, -0.2) is 0 Å². The zero-order chi connectivity index (χ0) is 18.8. The average Bonchev–Trinajstić information content (AvgIpc) is 2.63. The first-order valence-corrected chi connectivity index (χ1v) is 9.91. The molecular formula is C21H36N4O. The van der Waals surface area contributed by atoms with E-state index in [1.165, 1.54) is 32.5 Å². The zero-order valence-corrected chi connectivity index (χ0v) is 16.9. The van der Waals surface area contributed by atoms with Crippen LogP contribution in [-0.4, -0.2) is 51.2 Å². The number of likely N-dealkylation sites (tertiary alicyclic amines) is 1. The Labute approximate surface area is 159 Å². The number of ether oxygens (including phenoxy) is 1. The van der Waals surface area contributed by atoms with Crippen molar-refractivity contribution in [1.82, 2.24) is 15.5 Å². The number of hydrogen-bond acceptors (Lipinski definition) is 3. The summed E-state index contributed by atoms with van der Waals surface area (Å²) in [7, 11) is 3.52. The number of rotatable bonds is 8. The lowest BCUT2D eigenvalue weighted by molar-refractivity contribution is 0.139. The number of unbranched alkanes of at least 4 members (excludes halogenated alkanes) is 1. The molecule has 1 aliphatic heterocycles. The van der Waals surface area contributed by atoms with Crippen molar-refractivity contribution in [3.8, 4) is 5.75 Å². The summed E-state index contributed by atoms with van der Waals surface area (Å²) in [6.07, 6.45) is 3.77. The molecule has 0 spiro atoms. The molecule has 0 bridgehead atoms. The van der Waals surface area contributed by atoms with Gasteiger partial charge in [0.1, 0.15) is 5.75 Å². The molecule has 1 heterocycles. The highest BCUT2D eigenvalue weighted by Gasteiger charge is 2.20. The Morgan fingerprint density at radius 1 is 1.15 bits per heavy atom. The Bertz CT molecular complexity index is 551. The van der Waals surface area contributed by atoms with Crippen LogP contribution in [0.25, 0.3) is 0 Å². The normalized spacial score (nSPS) is 21.5. The number of nitrogens with one attached hydrogen (secondary N) is 2. The van der Waals surface area contributed by atoms with E-state index in [9.17, 15) is 0 Å². The molecule has 5 nitrogen and oxygen atoms in total. The summed E-state index contributed by atoms with van der Waals surface area (Å²) in [4.78, 5) is 6.94. The molecule has 26 heavy (non-hydrogen) atoms. The minimum absolute atomic E-state index is 0.702. The molecule has 0 radical (unpaired) electrons. The molecule has 1 aromatic carbocycles. The Morgan fingerprint density at radius 2 is 1.88 bits per heavy atom. The van der Waals surface area contributed by atoms with Crippen molar-refractivity contribution >= 4 is 5.96 Å². The molecule has 1 aromatic rings. The van der Waals surface area contributed by atoms with E-state index in [-0.39, 0.29) is 0 Å². The molecular weight excluding hydrogens is 324 g/mol. The molecule has 2 rings (SSSR count). The summed E-state index contributed by atoms with van der Waals surface area (Å²) < 4.78 is 5.39. The van der Waals surface area contributed by atoms with Crippen molar-refractivity contribution in [2.24, 2.45) is 16.8 Å². The lowest BCUT2D eigenvalue weighted by Crippen LogP contribution is -2.40. The van der Waals surface area contributed by atoms with Gasteiger partial charge in [0.2, 0.25) is 0 Å². The Hall–Kier alpha value is -1.75. The third-order valence-corrected chi connectivity index (χ3v) is 5.00. The Balaban J connectivity index is 1.63. The van der Waals surface area contributed by atoms with Crippen molar-refractivity contribution in [3.63, 3.8) is 0 Å². The van der Waals surface area contributed by atoms with E-state index >= 15 is 0 Å². The predicted molar refractivity (Wildman–Crippen MR) is 110 cm³/mol. The van der Waals surface area contributed by atoms with Crippen LogP contribution in [0.1, 0.15) is 38.7 Å². The molecule has 2 unspecified atom stereocenters. The van der Waals surface area contributed by atoms with Crippen molar-refractivity contribution in [2.75, 3.05) is 40.3 Å². The van der Waals surface area contributed by atoms with Crippen molar-refractivity contribution in [3.05, 3.63) is 29.8 Å². The van der Waals surface area contributed by atoms with Gasteiger partial charge in [-0.05, 0) is 43.7 Å². The van der Waals surface area contributed by atoms with E-state index in [0.29, 0.717) is 6.54 Å². The number of methoxy groups -OCH3 is 1. The Kier molecular flexibility index (Phi) is 8.75. The van der Waals surface area contributed by atoms with Gasteiger partial charge < -0.3 is 20.3 Å². The summed E-state index contributed by atoms with van der Waals surface area (Å²) >= 11 is 0. The highest BCUT2D eigenvalue weighted by molar-refractivity contribution is 5.79. The maximum absolute atomic E-state index is 5.39. The number of aliphatic imine (C=N–C) groups is 1. The highest BCUT2D eigenvalue weighted by atomic mass is 16.5. The summed E-state index contributed by atoms with van der Waals surface area (Å²) in [5.41, 5.74) is 1.13. The molecule has 5 heteroatoms. The SMILES string of the molecule is CN=C(NCCCCN1CC(C)CC(C)C1)NCc1ccccc1OC. The van der Waals surface area contributed by atoms with Crippen LogP contribution in [0.4, 0.5) is 0 Å². The van der Waals surface area contributed by atoms with Crippen molar-refractivity contribution in [1.29, 1.82) is 0 Å². The fraction of sp³-hybridized carbons (Fsp3) is 0.667. The van der Waals surface area contributed by atoms with Crippen molar-refractivity contribution in [2.45, 2.75) is 39.7 Å². The van der Waals surface area contributed by atoms with Gasteiger partial charge in [0.15, 0.2) is 5.96 Å². The van der Waals surface area contributed by atoms with Gasteiger partial charge in [0, 0.05) is 38.8 Å². The lowest BCUT2D eigenvalue weighted by Gasteiger charge is -2.34. The third kappa shape index (κ3) is 6.87. The first kappa shape index (κ1) is 20.6. The van der Waals surface area contributed by atoms with Gasteiger partial charge in [-0.2, -0.15) is 0 Å². The maximum Gasteiger partial charge on any atom is 0.191 e. The Morgan fingerprint density at radius 3 is 2.58 bits per heavy atom. The maximum atomic E-state index is 5.39. The van der Waals surface area contributed by atoms with E-state index in [1.807, 2.05) is 25.2 Å². The van der Waals surface area contributed by atoms with Crippen LogP contribution in [0.2, 0.25) is 0 Å².